The van der Waals surface area contributed by atoms with Gasteiger partial charge in [-0.2, -0.15) is 0 Å². The fraction of sp³-hybridized carbons (Fsp3) is 0.444. The van der Waals surface area contributed by atoms with Crippen LogP contribution < -0.4 is 10.1 Å². The summed E-state index contributed by atoms with van der Waals surface area (Å²) in [5, 5.41) is 7.37. The molecule has 1 atom stereocenters. The van der Waals surface area contributed by atoms with Gasteiger partial charge in [0.2, 0.25) is 5.88 Å². The molecular weight excluding hydrogens is 388 g/mol. The second kappa shape index (κ2) is 8.12. The summed E-state index contributed by atoms with van der Waals surface area (Å²) in [6.07, 6.45) is 3.18. The highest BCUT2D eigenvalue weighted by Crippen LogP contribution is 2.33. The van der Waals surface area contributed by atoms with Crippen molar-refractivity contribution in [2.75, 3.05) is 12.4 Å². The molecule has 0 amide bonds. The van der Waals surface area contributed by atoms with Crippen LogP contribution in [0, 0.1) is 0 Å². The zero-order valence-electron chi connectivity index (χ0n) is 14.5. The van der Waals surface area contributed by atoms with E-state index in [2.05, 4.69) is 47.2 Å². The Bertz CT molecular complexity index is 717. The largest absolute Gasteiger partial charge is 0.496 e. The summed E-state index contributed by atoms with van der Waals surface area (Å²) in [6, 6.07) is 7.64. The number of hydrogen-bond acceptors (Lipinski definition) is 4. The highest BCUT2D eigenvalue weighted by atomic mass is 79.9. The van der Waals surface area contributed by atoms with Crippen LogP contribution in [0.4, 0.5) is 5.88 Å². The third kappa shape index (κ3) is 3.98. The standard InChI is InChI=1S/C18H23BrN2O2S/c1-5-10-18(3,6-2)14-11-15(23-21-14)20-17(24)16-12(19)8-7-9-13(16)22-4/h7-9,11H,5-6,10H2,1-4H3,(H,20,24). The molecule has 2 aromatic rings. The van der Waals surface area contributed by atoms with Crippen molar-refractivity contribution in [2.45, 2.75) is 45.4 Å². The van der Waals surface area contributed by atoms with Crippen molar-refractivity contribution in [3.8, 4) is 5.75 Å². The maximum Gasteiger partial charge on any atom is 0.229 e. The molecule has 4 nitrogen and oxygen atoms in total. The van der Waals surface area contributed by atoms with E-state index in [9.17, 15) is 0 Å². The number of nitrogens with zero attached hydrogens (tertiary/aromatic N) is 1. The van der Waals surface area contributed by atoms with Crippen LogP contribution >= 0.6 is 28.1 Å². The lowest BCUT2D eigenvalue weighted by Crippen LogP contribution is -2.20. The first kappa shape index (κ1) is 18.9. The summed E-state index contributed by atoms with van der Waals surface area (Å²) in [7, 11) is 1.62. The van der Waals surface area contributed by atoms with Gasteiger partial charge in [-0.1, -0.05) is 50.6 Å². The van der Waals surface area contributed by atoms with E-state index in [0.717, 1.165) is 35.0 Å². The van der Waals surface area contributed by atoms with Crippen LogP contribution in [0.3, 0.4) is 0 Å². The third-order valence-corrected chi connectivity index (χ3v) is 5.34. The number of hydrogen-bond donors (Lipinski definition) is 1. The molecular formula is C18H23BrN2O2S. The van der Waals surface area contributed by atoms with Gasteiger partial charge in [-0.15, -0.1) is 0 Å². The molecule has 0 saturated carbocycles. The van der Waals surface area contributed by atoms with E-state index in [1.165, 1.54) is 0 Å². The Hall–Kier alpha value is -1.40. The Morgan fingerprint density at radius 3 is 2.79 bits per heavy atom. The van der Waals surface area contributed by atoms with E-state index < -0.39 is 0 Å². The van der Waals surface area contributed by atoms with Gasteiger partial charge in [-0.05, 0) is 40.9 Å². The normalized spacial score (nSPS) is 13.4. The third-order valence-electron chi connectivity index (χ3n) is 4.37. The van der Waals surface area contributed by atoms with Crippen molar-refractivity contribution in [2.24, 2.45) is 0 Å². The smallest absolute Gasteiger partial charge is 0.229 e. The van der Waals surface area contributed by atoms with Crippen molar-refractivity contribution >= 4 is 39.0 Å². The number of nitrogens with one attached hydrogen (secondary N) is 1. The maximum absolute atomic E-state index is 5.52. The summed E-state index contributed by atoms with van der Waals surface area (Å²) in [5.41, 5.74) is 1.76. The Morgan fingerprint density at radius 2 is 2.17 bits per heavy atom. The van der Waals surface area contributed by atoms with Crippen LogP contribution in [0.25, 0.3) is 0 Å². The molecule has 0 aliphatic heterocycles. The molecule has 0 aliphatic rings. The summed E-state index contributed by atoms with van der Waals surface area (Å²) in [5.74, 6) is 1.24. The van der Waals surface area contributed by atoms with Gasteiger partial charge in [0.15, 0.2) is 0 Å². The zero-order chi connectivity index (χ0) is 17.7. The van der Waals surface area contributed by atoms with Crippen LogP contribution in [0.5, 0.6) is 5.75 Å². The van der Waals surface area contributed by atoms with Gasteiger partial charge >= 0.3 is 0 Å². The maximum atomic E-state index is 5.52. The molecule has 1 N–H and O–H groups in total. The molecule has 1 aromatic heterocycles. The number of ether oxygens (including phenoxy) is 1. The summed E-state index contributed by atoms with van der Waals surface area (Å²) in [4.78, 5) is 0.524. The van der Waals surface area contributed by atoms with Gasteiger partial charge in [0.1, 0.15) is 10.7 Å². The fourth-order valence-corrected chi connectivity index (χ4v) is 3.71. The summed E-state index contributed by atoms with van der Waals surface area (Å²) >= 11 is 9.03. The van der Waals surface area contributed by atoms with Crippen LogP contribution in [0.2, 0.25) is 0 Å². The first-order valence-electron chi connectivity index (χ1n) is 8.06. The van der Waals surface area contributed by atoms with E-state index in [-0.39, 0.29) is 5.41 Å². The molecule has 24 heavy (non-hydrogen) atoms. The van der Waals surface area contributed by atoms with Crippen molar-refractivity contribution in [3.63, 3.8) is 0 Å². The molecule has 1 unspecified atom stereocenters. The highest BCUT2D eigenvalue weighted by Gasteiger charge is 2.28. The first-order valence-corrected chi connectivity index (χ1v) is 9.26. The van der Waals surface area contributed by atoms with Gasteiger partial charge in [-0.25, -0.2) is 0 Å². The van der Waals surface area contributed by atoms with Gasteiger partial charge in [0.25, 0.3) is 0 Å². The van der Waals surface area contributed by atoms with E-state index in [4.69, 9.17) is 21.5 Å². The molecule has 1 aromatic carbocycles. The molecule has 0 aliphatic carbocycles. The molecule has 1 heterocycles. The molecule has 0 radical (unpaired) electrons. The van der Waals surface area contributed by atoms with E-state index in [1.54, 1.807) is 7.11 Å². The average molecular weight is 411 g/mol. The number of benzene rings is 1. The fourth-order valence-electron chi connectivity index (χ4n) is 2.73. The minimum Gasteiger partial charge on any atom is -0.496 e. The number of thiocarbonyl (C=S) groups is 1. The Balaban J connectivity index is 2.23. The molecule has 6 heteroatoms. The highest BCUT2D eigenvalue weighted by molar-refractivity contribution is 9.10. The lowest BCUT2D eigenvalue weighted by molar-refractivity contribution is 0.356. The predicted molar refractivity (Wildman–Crippen MR) is 105 cm³/mol. The lowest BCUT2D eigenvalue weighted by Gasteiger charge is -2.24. The van der Waals surface area contributed by atoms with Crippen molar-refractivity contribution < 1.29 is 9.26 Å². The van der Waals surface area contributed by atoms with E-state index >= 15 is 0 Å². The molecule has 0 bridgehead atoms. The van der Waals surface area contributed by atoms with Crippen LogP contribution in [-0.2, 0) is 5.41 Å². The lowest BCUT2D eigenvalue weighted by atomic mass is 9.80. The van der Waals surface area contributed by atoms with Gasteiger partial charge in [-0.3, -0.25) is 0 Å². The second-order valence-corrected chi connectivity index (χ2v) is 7.27. The Morgan fingerprint density at radius 1 is 1.42 bits per heavy atom. The number of anilines is 1. The zero-order valence-corrected chi connectivity index (χ0v) is 16.9. The van der Waals surface area contributed by atoms with Crippen LogP contribution in [0.1, 0.15) is 51.3 Å². The molecule has 0 spiro atoms. The van der Waals surface area contributed by atoms with E-state index in [1.807, 2.05) is 24.3 Å². The van der Waals surface area contributed by atoms with Crippen molar-refractivity contribution in [1.82, 2.24) is 5.16 Å². The number of halogens is 1. The Kier molecular flexibility index (Phi) is 6.40. The summed E-state index contributed by atoms with van der Waals surface area (Å²) in [6.45, 7) is 6.57. The predicted octanol–water partition coefficient (Wildman–Crippen LogP) is 5.70. The van der Waals surface area contributed by atoms with Gasteiger partial charge in [0, 0.05) is 16.0 Å². The monoisotopic (exact) mass is 410 g/mol. The SMILES string of the molecule is CCCC(C)(CC)c1cc(NC(=S)c2c(Br)cccc2OC)on1. The van der Waals surface area contributed by atoms with Crippen molar-refractivity contribution in [1.29, 1.82) is 0 Å². The second-order valence-electron chi connectivity index (χ2n) is 6.01. The molecule has 130 valence electrons. The van der Waals surface area contributed by atoms with Gasteiger partial charge < -0.3 is 14.6 Å². The van der Waals surface area contributed by atoms with Crippen LogP contribution in [-0.4, -0.2) is 17.3 Å². The van der Waals surface area contributed by atoms with Crippen LogP contribution in [0.15, 0.2) is 33.3 Å². The first-order chi connectivity index (χ1) is 11.4. The number of aromatic nitrogens is 1. The van der Waals surface area contributed by atoms with Crippen molar-refractivity contribution in [3.05, 3.63) is 40.0 Å². The quantitative estimate of drug-likeness (QED) is 0.592. The number of methoxy groups -OCH3 is 1. The number of rotatable bonds is 7. The summed E-state index contributed by atoms with van der Waals surface area (Å²) < 4.78 is 11.7. The molecule has 0 saturated heterocycles. The van der Waals surface area contributed by atoms with E-state index in [0.29, 0.717) is 16.6 Å². The topological polar surface area (TPSA) is 47.3 Å². The average Bonchev–Trinajstić information content (AvgIpc) is 3.03. The van der Waals surface area contributed by atoms with Gasteiger partial charge in [0.05, 0.1) is 18.4 Å². The molecule has 0 fully saturated rings. The molecule has 2 rings (SSSR count). The Labute approximate surface area is 157 Å². The minimum absolute atomic E-state index is 0.0187. The minimum atomic E-state index is 0.0187.